The van der Waals surface area contributed by atoms with Gasteiger partial charge in [-0.3, -0.25) is 19.5 Å². The van der Waals surface area contributed by atoms with Crippen molar-refractivity contribution < 1.29 is 14.1 Å². The van der Waals surface area contributed by atoms with Crippen LogP contribution in [0.3, 0.4) is 0 Å². The maximum atomic E-state index is 13.0. The smallest absolute Gasteiger partial charge is 0.295 e. The molecule has 1 aromatic heterocycles. The molecule has 9 heteroatoms. The maximum absolute atomic E-state index is 13.0. The number of amides is 2. The van der Waals surface area contributed by atoms with E-state index < -0.39 is 0 Å². The fourth-order valence-electron chi connectivity index (χ4n) is 3.54. The Kier molecular flexibility index (Phi) is 5.57. The van der Waals surface area contributed by atoms with Gasteiger partial charge >= 0.3 is 0 Å². The minimum atomic E-state index is -0.341. The van der Waals surface area contributed by atoms with Gasteiger partial charge in [-0.05, 0) is 35.8 Å². The zero-order valence-corrected chi connectivity index (χ0v) is 18.8. The van der Waals surface area contributed by atoms with Crippen LogP contribution in [0.25, 0.3) is 22.2 Å². The summed E-state index contributed by atoms with van der Waals surface area (Å²) in [5.41, 5.74) is 2.55. The van der Waals surface area contributed by atoms with Gasteiger partial charge in [0.25, 0.3) is 4.84 Å². The minimum Gasteiger partial charge on any atom is -0.324 e. The number of nitrogens with zero attached hydrogens (tertiary/aromatic N) is 2. The number of H-pyrrole nitrogens is 1. The van der Waals surface area contributed by atoms with Crippen molar-refractivity contribution in [2.24, 2.45) is 0 Å². The van der Waals surface area contributed by atoms with Crippen LogP contribution in [-0.2, 0) is 9.59 Å². The second-order valence-corrected chi connectivity index (χ2v) is 7.00. The van der Waals surface area contributed by atoms with Crippen molar-refractivity contribution in [3.05, 3.63) is 65.5 Å². The summed E-state index contributed by atoms with van der Waals surface area (Å²) in [5, 5.41) is 8.65. The van der Waals surface area contributed by atoms with Gasteiger partial charge < -0.3 is 9.84 Å². The Labute approximate surface area is 198 Å². The van der Waals surface area contributed by atoms with E-state index in [1.165, 1.54) is 0 Å². The van der Waals surface area contributed by atoms with Crippen molar-refractivity contribution in [1.82, 2.24) is 10.1 Å². The molecule has 5 rings (SSSR count). The molecule has 1 aliphatic rings. The molecule has 4 aromatic rings. The second-order valence-electron chi connectivity index (χ2n) is 6.63. The third kappa shape index (κ3) is 3.59. The number of fused-ring (bicyclic) bond motifs is 3. The van der Waals surface area contributed by atoms with Gasteiger partial charge in [0.2, 0.25) is 11.8 Å². The second kappa shape index (κ2) is 8.16. The Morgan fingerprint density at radius 3 is 2.67 bits per heavy atom. The molecule has 2 amide bonds. The van der Waals surface area contributed by atoms with E-state index in [-0.39, 0.29) is 52.6 Å². The van der Waals surface area contributed by atoms with E-state index in [9.17, 15) is 9.59 Å². The van der Waals surface area contributed by atoms with Crippen molar-refractivity contribution >= 4 is 81.4 Å². The Balaban J connectivity index is 0.00000218. The molecule has 0 atom stereocenters. The first-order valence-electron chi connectivity index (χ1n) is 8.91. The predicted molar refractivity (Wildman–Crippen MR) is 117 cm³/mol. The van der Waals surface area contributed by atoms with Gasteiger partial charge in [0, 0.05) is 46.2 Å². The van der Waals surface area contributed by atoms with E-state index >= 15 is 0 Å². The number of hydrogen-bond donors (Lipinski definition) is 2. The minimum absolute atomic E-state index is 0. The zero-order valence-electron chi connectivity index (χ0n) is 16.0. The van der Waals surface area contributed by atoms with E-state index in [2.05, 4.69) is 15.5 Å². The predicted octanol–water partition coefficient (Wildman–Crippen LogP) is 4.18. The van der Waals surface area contributed by atoms with Crippen molar-refractivity contribution in [3.8, 4) is 11.4 Å². The summed E-state index contributed by atoms with van der Waals surface area (Å²) in [6.07, 6.45) is -0.250. The van der Waals surface area contributed by atoms with E-state index in [1.807, 2.05) is 54.6 Å². The Morgan fingerprint density at radius 2 is 1.87 bits per heavy atom. The van der Waals surface area contributed by atoms with Gasteiger partial charge in [-0.1, -0.05) is 47.6 Å². The van der Waals surface area contributed by atoms with Crippen LogP contribution >= 0.6 is 12.2 Å². The van der Waals surface area contributed by atoms with Crippen LogP contribution in [0.1, 0.15) is 6.42 Å². The average Bonchev–Trinajstić information content (AvgIpc) is 3.10. The van der Waals surface area contributed by atoms with Crippen LogP contribution in [0, 0.1) is 4.84 Å². The average molecular weight is 425 g/mol. The van der Waals surface area contributed by atoms with Crippen LogP contribution in [0.2, 0.25) is 0 Å². The molecule has 0 unspecified atom stereocenters. The molecule has 0 aliphatic carbocycles. The summed E-state index contributed by atoms with van der Waals surface area (Å²) >= 11 is 4.94. The number of aromatic amines is 1. The number of carbonyl (C=O) groups is 2. The Morgan fingerprint density at radius 1 is 1.03 bits per heavy atom. The van der Waals surface area contributed by atoms with Gasteiger partial charge in [0.15, 0.2) is 5.82 Å². The molecule has 1 radical (unpaired) electrons. The van der Waals surface area contributed by atoms with Crippen LogP contribution in [0.15, 0.2) is 65.2 Å². The summed E-state index contributed by atoms with van der Waals surface area (Å²) in [5.74, 6) is -0.194. The number of rotatable bonds is 2. The zero-order chi connectivity index (χ0) is 20.0. The standard InChI is InChI=1S/C21H14N4O3S.Na/c26-17-11-18(27)25(14-6-3-5-13(10-14)20-23-21(29)28-24-20)16-9-8-12-4-1-2-7-15(12)19(16)22-17;/h1-10H,11H2,(H,22,26)(H,23,24,29);. The molecule has 0 fully saturated rings. The van der Waals surface area contributed by atoms with Crippen LogP contribution in [0.4, 0.5) is 17.1 Å². The molecule has 7 nitrogen and oxygen atoms in total. The number of hydrogen-bond acceptors (Lipinski definition) is 5. The van der Waals surface area contributed by atoms with E-state index in [1.54, 1.807) is 11.0 Å². The molecular formula is C21H14N4NaO3S. The first-order valence-corrected chi connectivity index (χ1v) is 9.32. The molecule has 2 heterocycles. The molecule has 0 bridgehead atoms. The molecule has 1 aliphatic heterocycles. The van der Waals surface area contributed by atoms with Gasteiger partial charge in [-0.15, -0.1) is 0 Å². The van der Waals surface area contributed by atoms with Gasteiger partial charge in [0.1, 0.15) is 6.42 Å². The third-order valence-corrected chi connectivity index (χ3v) is 4.97. The van der Waals surface area contributed by atoms with Gasteiger partial charge in [-0.2, -0.15) is 0 Å². The number of nitrogens with one attached hydrogen (secondary N) is 2. The van der Waals surface area contributed by atoms with Crippen molar-refractivity contribution in [2.45, 2.75) is 6.42 Å². The number of aromatic nitrogens is 2. The third-order valence-electron chi connectivity index (χ3n) is 4.79. The topological polar surface area (TPSA) is 91.2 Å². The molecule has 143 valence electrons. The van der Waals surface area contributed by atoms with Crippen molar-refractivity contribution in [2.75, 3.05) is 10.2 Å². The molecular weight excluding hydrogens is 411 g/mol. The molecule has 30 heavy (non-hydrogen) atoms. The summed E-state index contributed by atoms with van der Waals surface area (Å²) < 4.78 is 4.94. The normalized spacial score (nSPS) is 13.4. The van der Waals surface area contributed by atoms with Crippen LogP contribution < -0.4 is 10.2 Å². The molecule has 0 saturated heterocycles. The quantitative estimate of drug-likeness (QED) is 0.286. The van der Waals surface area contributed by atoms with E-state index in [0.29, 0.717) is 28.5 Å². The Hall–Kier alpha value is -2.78. The Bertz CT molecular complexity index is 1350. The summed E-state index contributed by atoms with van der Waals surface area (Å²) in [7, 11) is 0. The van der Waals surface area contributed by atoms with E-state index in [0.717, 1.165) is 10.8 Å². The van der Waals surface area contributed by atoms with Crippen molar-refractivity contribution in [1.29, 1.82) is 0 Å². The first-order chi connectivity index (χ1) is 14.1. The SMILES string of the molecule is O=C1CC(=O)N(c2cccc(-c3noc(=S)[nH]3)c2)c2ccc3ccccc3c2N1.[Na]. The van der Waals surface area contributed by atoms with Gasteiger partial charge in [-0.25, -0.2) is 0 Å². The first kappa shape index (κ1) is 20.5. The molecule has 0 spiro atoms. The maximum Gasteiger partial charge on any atom is 0.295 e. The molecule has 0 saturated carbocycles. The summed E-state index contributed by atoms with van der Waals surface area (Å²) in [6, 6.07) is 18.8. The number of carbonyl (C=O) groups excluding carboxylic acids is 2. The number of benzene rings is 3. The fraction of sp³-hybridized carbons (Fsp3) is 0.0476. The van der Waals surface area contributed by atoms with Crippen molar-refractivity contribution in [3.63, 3.8) is 0 Å². The van der Waals surface area contributed by atoms with E-state index in [4.69, 9.17) is 16.7 Å². The number of anilines is 3. The van der Waals surface area contributed by atoms with Gasteiger partial charge in [0.05, 0.1) is 11.4 Å². The molecule has 3 aromatic carbocycles. The monoisotopic (exact) mass is 425 g/mol. The summed E-state index contributed by atoms with van der Waals surface area (Å²) in [4.78, 5) is 29.9. The van der Waals surface area contributed by atoms with Crippen LogP contribution in [0.5, 0.6) is 0 Å². The largest absolute Gasteiger partial charge is 0.324 e. The summed E-state index contributed by atoms with van der Waals surface area (Å²) in [6.45, 7) is 0. The fourth-order valence-corrected chi connectivity index (χ4v) is 3.68. The van der Waals surface area contributed by atoms with Crippen LogP contribution in [-0.4, -0.2) is 51.5 Å². The molecule has 2 N–H and O–H groups in total.